The SMILES string of the molecule is CCCOc1ccc(OCC(=O)OCCOc2ccc([N+](=O)[O-])cc2)cc1. The highest BCUT2D eigenvalue weighted by Gasteiger charge is 2.06. The van der Waals surface area contributed by atoms with Crippen LogP contribution < -0.4 is 14.2 Å². The molecular weight excluding hydrogens is 354 g/mol. The van der Waals surface area contributed by atoms with E-state index in [1.165, 1.54) is 24.3 Å². The average Bonchev–Trinajstić information content (AvgIpc) is 2.69. The van der Waals surface area contributed by atoms with Crippen LogP contribution in [-0.4, -0.2) is 37.3 Å². The van der Waals surface area contributed by atoms with Crippen LogP contribution in [0.25, 0.3) is 0 Å². The van der Waals surface area contributed by atoms with Gasteiger partial charge in [-0.15, -0.1) is 0 Å². The Morgan fingerprint density at radius 2 is 1.37 bits per heavy atom. The van der Waals surface area contributed by atoms with Gasteiger partial charge in [0, 0.05) is 12.1 Å². The van der Waals surface area contributed by atoms with E-state index in [4.69, 9.17) is 18.9 Å². The largest absolute Gasteiger partial charge is 0.494 e. The summed E-state index contributed by atoms with van der Waals surface area (Å²) in [5, 5.41) is 10.6. The first-order chi connectivity index (χ1) is 13.1. The standard InChI is InChI=1S/C19H21NO7/c1-2-11-24-17-7-9-18(10-8-17)27-14-19(21)26-13-12-25-16-5-3-15(4-6-16)20(22)23/h3-10H,2,11-14H2,1H3. The van der Waals surface area contributed by atoms with Crippen LogP contribution in [0, 0.1) is 10.1 Å². The minimum absolute atomic E-state index is 0.0177. The Balaban J connectivity index is 1.62. The van der Waals surface area contributed by atoms with Crippen molar-refractivity contribution in [2.75, 3.05) is 26.4 Å². The molecule has 144 valence electrons. The molecule has 2 aromatic carbocycles. The van der Waals surface area contributed by atoms with E-state index in [0.717, 1.165) is 12.2 Å². The molecular formula is C19H21NO7. The number of hydrogen-bond donors (Lipinski definition) is 0. The molecule has 27 heavy (non-hydrogen) atoms. The van der Waals surface area contributed by atoms with Crippen molar-refractivity contribution < 1.29 is 28.7 Å². The van der Waals surface area contributed by atoms with Gasteiger partial charge in [0.15, 0.2) is 6.61 Å². The molecule has 0 atom stereocenters. The monoisotopic (exact) mass is 375 g/mol. The fourth-order valence-corrected chi connectivity index (χ4v) is 2.02. The van der Waals surface area contributed by atoms with Gasteiger partial charge in [0.2, 0.25) is 0 Å². The number of esters is 1. The van der Waals surface area contributed by atoms with Crippen LogP contribution in [0.2, 0.25) is 0 Å². The second-order valence-electron chi connectivity index (χ2n) is 5.43. The molecule has 0 saturated heterocycles. The zero-order valence-corrected chi connectivity index (χ0v) is 15.0. The number of nitrogens with zero attached hydrogens (tertiary/aromatic N) is 1. The van der Waals surface area contributed by atoms with Crippen LogP contribution in [0.4, 0.5) is 5.69 Å². The summed E-state index contributed by atoms with van der Waals surface area (Å²) in [6.45, 7) is 2.64. The van der Waals surface area contributed by atoms with Crippen molar-refractivity contribution in [3.05, 3.63) is 58.6 Å². The van der Waals surface area contributed by atoms with Gasteiger partial charge >= 0.3 is 5.97 Å². The Labute approximate surface area is 156 Å². The fourth-order valence-electron chi connectivity index (χ4n) is 2.02. The molecule has 0 saturated carbocycles. The van der Waals surface area contributed by atoms with Gasteiger partial charge in [-0.25, -0.2) is 4.79 Å². The molecule has 0 N–H and O–H groups in total. The Morgan fingerprint density at radius 1 is 0.852 bits per heavy atom. The van der Waals surface area contributed by atoms with Gasteiger partial charge < -0.3 is 18.9 Å². The lowest BCUT2D eigenvalue weighted by atomic mass is 10.3. The van der Waals surface area contributed by atoms with Crippen molar-refractivity contribution in [3.8, 4) is 17.2 Å². The van der Waals surface area contributed by atoms with E-state index in [1.54, 1.807) is 24.3 Å². The summed E-state index contributed by atoms with van der Waals surface area (Å²) in [5.74, 6) is 1.22. The van der Waals surface area contributed by atoms with Crippen molar-refractivity contribution in [2.45, 2.75) is 13.3 Å². The summed E-state index contributed by atoms with van der Waals surface area (Å²) >= 11 is 0. The normalized spacial score (nSPS) is 10.1. The number of nitro groups is 1. The molecule has 8 heteroatoms. The molecule has 0 fully saturated rings. The smallest absolute Gasteiger partial charge is 0.344 e. The van der Waals surface area contributed by atoms with Gasteiger partial charge in [-0.3, -0.25) is 10.1 Å². The highest BCUT2D eigenvalue weighted by Crippen LogP contribution is 2.18. The first kappa shape index (κ1) is 20.0. The summed E-state index contributed by atoms with van der Waals surface area (Å²) in [5.41, 5.74) is -0.0177. The molecule has 0 spiro atoms. The van der Waals surface area contributed by atoms with Crippen LogP contribution >= 0.6 is 0 Å². The van der Waals surface area contributed by atoms with Gasteiger partial charge in [-0.1, -0.05) is 6.92 Å². The highest BCUT2D eigenvalue weighted by molar-refractivity contribution is 5.71. The number of ether oxygens (including phenoxy) is 4. The van der Waals surface area contributed by atoms with E-state index in [2.05, 4.69) is 0 Å². The molecule has 0 aliphatic heterocycles. The van der Waals surface area contributed by atoms with Crippen molar-refractivity contribution in [1.29, 1.82) is 0 Å². The number of carbonyl (C=O) groups excluding carboxylic acids is 1. The molecule has 0 unspecified atom stereocenters. The van der Waals surface area contributed by atoms with E-state index in [0.29, 0.717) is 18.1 Å². The molecule has 0 radical (unpaired) electrons. The zero-order chi connectivity index (χ0) is 19.5. The Kier molecular flexibility index (Phi) is 7.90. The maximum Gasteiger partial charge on any atom is 0.344 e. The molecule has 0 aromatic heterocycles. The van der Waals surface area contributed by atoms with E-state index < -0.39 is 10.9 Å². The van der Waals surface area contributed by atoms with Gasteiger partial charge in [0.1, 0.15) is 30.5 Å². The van der Waals surface area contributed by atoms with Gasteiger partial charge in [-0.05, 0) is 42.8 Å². The summed E-state index contributed by atoms with van der Waals surface area (Å²) in [6.07, 6.45) is 0.929. The first-order valence-corrected chi connectivity index (χ1v) is 8.47. The minimum atomic E-state index is -0.520. The van der Waals surface area contributed by atoms with Gasteiger partial charge in [0.25, 0.3) is 5.69 Å². The predicted molar refractivity (Wildman–Crippen MR) is 97.3 cm³/mol. The van der Waals surface area contributed by atoms with Crippen LogP contribution in [0.3, 0.4) is 0 Å². The van der Waals surface area contributed by atoms with Crippen molar-refractivity contribution >= 4 is 11.7 Å². The zero-order valence-electron chi connectivity index (χ0n) is 15.0. The molecule has 2 rings (SSSR count). The van der Waals surface area contributed by atoms with Gasteiger partial charge in [0.05, 0.1) is 11.5 Å². The van der Waals surface area contributed by atoms with Gasteiger partial charge in [-0.2, -0.15) is 0 Å². The molecule has 2 aromatic rings. The maximum atomic E-state index is 11.7. The number of nitro benzene ring substituents is 1. The summed E-state index contributed by atoms with van der Waals surface area (Å²) in [7, 11) is 0. The van der Waals surface area contributed by atoms with E-state index in [9.17, 15) is 14.9 Å². The fraction of sp³-hybridized carbons (Fsp3) is 0.316. The van der Waals surface area contributed by atoms with E-state index >= 15 is 0 Å². The number of hydrogen-bond acceptors (Lipinski definition) is 7. The predicted octanol–water partition coefficient (Wildman–Crippen LogP) is 3.38. The topological polar surface area (TPSA) is 97.1 Å². The maximum absolute atomic E-state index is 11.7. The number of non-ortho nitro benzene ring substituents is 1. The van der Waals surface area contributed by atoms with E-state index in [1.807, 2.05) is 6.92 Å². The average molecular weight is 375 g/mol. The number of rotatable bonds is 11. The lowest BCUT2D eigenvalue weighted by Crippen LogP contribution is -2.18. The Bertz CT molecular complexity index is 729. The quantitative estimate of drug-likeness (QED) is 0.257. The van der Waals surface area contributed by atoms with Crippen molar-refractivity contribution in [1.82, 2.24) is 0 Å². The molecule has 8 nitrogen and oxygen atoms in total. The highest BCUT2D eigenvalue weighted by atomic mass is 16.6. The second-order valence-corrected chi connectivity index (χ2v) is 5.43. The molecule has 0 amide bonds. The third kappa shape index (κ3) is 7.23. The van der Waals surface area contributed by atoms with Crippen molar-refractivity contribution in [3.63, 3.8) is 0 Å². The number of carbonyl (C=O) groups is 1. The first-order valence-electron chi connectivity index (χ1n) is 8.47. The third-order valence-electron chi connectivity index (χ3n) is 3.32. The lowest BCUT2D eigenvalue weighted by Gasteiger charge is -2.09. The lowest BCUT2D eigenvalue weighted by molar-refractivity contribution is -0.384. The van der Waals surface area contributed by atoms with Crippen LogP contribution in [-0.2, 0) is 9.53 Å². The summed E-state index contributed by atoms with van der Waals surface area (Å²) < 4.78 is 21.2. The molecule has 0 aliphatic rings. The van der Waals surface area contributed by atoms with Crippen LogP contribution in [0.5, 0.6) is 17.2 Å². The van der Waals surface area contributed by atoms with Crippen molar-refractivity contribution in [2.24, 2.45) is 0 Å². The van der Waals surface area contributed by atoms with Crippen LogP contribution in [0.15, 0.2) is 48.5 Å². The molecule has 0 aliphatic carbocycles. The summed E-state index contributed by atoms with van der Waals surface area (Å²) in [4.78, 5) is 21.7. The Hall–Kier alpha value is -3.29. The number of benzene rings is 2. The third-order valence-corrected chi connectivity index (χ3v) is 3.32. The molecule has 0 bridgehead atoms. The molecule has 0 heterocycles. The summed E-state index contributed by atoms with van der Waals surface area (Å²) in [6, 6.07) is 12.6. The second kappa shape index (κ2) is 10.6. The minimum Gasteiger partial charge on any atom is -0.494 e. The van der Waals surface area contributed by atoms with Crippen LogP contribution in [0.1, 0.15) is 13.3 Å². The Morgan fingerprint density at radius 3 is 1.93 bits per heavy atom. The van der Waals surface area contributed by atoms with E-state index in [-0.39, 0.29) is 25.5 Å².